The van der Waals surface area contributed by atoms with Gasteiger partial charge in [0.25, 0.3) is 0 Å². The van der Waals surface area contributed by atoms with Crippen LogP contribution in [0.5, 0.6) is 0 Å². The van der Waals surface area contributed by atoms with Crippen LogP contribution in [0.15, 0.2) is 24.3 Å². The van der Waals surface area contributed by atoms with Gasteiger partial charge in [0.15, 0.2) is 0 Å². The summed E-state index contributed by atoms with van der Waals surface area (Å²) in [5, 5.41) is 3.40. The molecular weight excluding hydrogens is 232 g/mol. The Labute approximate surface area is 118 Å². The van der Waals surface area contributed by atoms with Crippen molar-refractivity contribution in [2.24, 2.45) is 11.3 Å². The molecule has 0 fully saturated rings. The molecule has 1 aliphatic heterocycles. The molecule has 2 atom stereocenters. The molecule has 2 heteroatoms. The molecule has 0 saturated carbocycles. The second-order valence-corrected chi connectivity index (χ2v) is 6.82. The molecule has 0 bridgehead atoms. The molecule has 1 N–H and O–H groups in total. The summed E-state index contributed by atoms with van der Waals surface area (Å²) in [6.07, 6.45) is 1.22. The monoisotopic (exact) mass is 260 g/mol. The maximum absolute atomic E-state index is 3.40. The first-order valence-corrected chi connectivity index (χ1v) is 7.44. The van der Waals surface area contributed by atoms with Gasteiger partial charge in [-0.15, -0.1) is 0 Å². The van der Waals surface area contributed by atoms with Gasteiger partial charge in [0.1, 0.15) is 0 Å². The van der Waals surface area contributed by atoms with E-state index in [1.165, 1.54) is 24.2 Å². The van der Waals surface area contributed by atoms with Crippen molar-refractivity contribution in [1.82, 2.24) is 5.32 Å². The number of para-hydroxylation sites is 1. The van der Waals surface area contributed by atoms with Crippen molar-refractivity contribution in [2.75, 3.05) is 25.0 Å². The smallest absolute Gasteiger partial charge is 0.0399 e. The van der Waals surface area contributed by atoms with Gasteiger partial charge >= 0.3 is 0 Å². The Bertz CT molecular complexity index is 425. The Balaban J connectivity index is 2.21. The van der Waals surface area contributed by atoms with Crippen molar-refractivity contribution < 1.29 is 0 Å². The lowest BCUT2D eigenvalue weighted by Gasteiger charge is -2.42. The molecule has 1 aliphatic rings. The lowest BCUT2D eigenvalue weighted by Crippen LogP contribution is -2.48. The zero-order valence-corrected chi connectivity index (χ0v) is 13.0. The fourth-order valence-corrected chi connectivity index (χ4v) is 3.08. The highest BCUT2D eigenvalue weighted by Gasteiger charge is 2.30. The second-order valence-electron chi connectivity index (χ2n) is 6.82. The number of nitrogens with zero attached hydrogens (tertiary/aromatic N) is 1. The van der Waals surface area contributed by atoms with Crippen LogP contribution in [-0.2, 0) is 6.42 Å². The molecule has 1 aromatic rings. The van der Waals surface area contributed by atoms with Crippen LogP contribution in [0, 0.1) is 11.3 Å². The van der Waals surface area contributed by atoms with Crippen LogP contribution in [0.3, 0.4) is 0 Å². The van der Waals surface area contributed by atoms with Crippen LogP contribution in [0.2, 0.25) is 0 Å². The van der Waals surface area contributed by atoms with E-state index in [2.05, 4.69) is 69.2 Å². The minimum atomic E-state index is 0.263. The van der Waals surface area contributed by atoms with Crippen molar-refractivity contribution in [1.29, 1.82) is 0 Å². The van der Waals surface area contributed by atoms with Crippen LogP contribution >= 0.6 is 0 Å². The predicted octanol–water partition coefficient (Wildman–Crippen LogP) is 3.32. The molecule has 0 saturated heterocycles. The maximum Gasteiger partial charge on any atom is 0.0399 e. The molecule has 2 unspecified atom stereocenters. The third kappa shape index (κ3) is 3.11. The summed E-state index contributed by atoms with van der Waals surface area (Å²) in [5.41, 5.74) is 3.21. The Morgan fingerprint density at radius 2 is 2.05 bits per heavy atom. The topological polar surface area (TPSA) is 15.3 Å². The number of anilines is 1. The van der Waals surface area contributed by atoms with E-state index in [0.717, 1.165) is 12.5 Å². The number of nitrogens with one attached hydrogen (secondary N) is 1. The molecule has 2 rings (SSSR count). The summed E-state index contributed by atoms with van der Waals surface area (Å²) < 4.78 is 0. The van der Waals surface area contributed by atoms with Gasteiger partial charge in [0.05, 0.1) is 0 Å². The number of hydrogen-bond donors (Lipinski definition) is 1. The largest absolute Gasteiger partial charge is 0.370 e. The first-order chi connectivity index (χ1) is 8.94. The van der Waals surface area contributed by atoms with E-state index in [1.54, 1.807) is 0 Å². The zero-order chi connectivity index (χ0) is 14.0. The minimum Gasteiger partial charge on any atom is -0.370 e. The van der Waals surface area contributed by atoms with E-state index < -0.39 is 0 Å². The van der Waals surface area contributed by atoms with E-state index in [4.69, 9.17) is 0 Å². The van der Waals surface area contributed by atoms with Crippen LogP contribution in [0.4, 0.5) is 5.69 Å². The Kier molecular flexibility index (Phi) is 4.19. The zero-order valence-electron chi connectivity index (χ0n) is 13.0. The molecule has 1 aromatic carbocycles. The lowest BCUT2D eigenvalue weighted by molar-refractivity contribution is 0.266. The molecule has 0 radical (unpaired) electrons. The van der Waals surface area contributed by atoms with E-state index >= 15 is 0 Å². The molecule has 1 heterocycles. The number of hydrogen-bond acceptors (Lipinski definition) is 2. The van der Waals surface area contributed by atoms with Crippen LogP contribution in [0.1, 0.15) is 33.3 Å². The highest BCUT2D eigenvalue weighted by molar-refractivity contribution is 5.55. The standard InChI is InChI=1S/C17H28N2/c1-13-10-15-8-6-7-9-16(15)19(11-13)12-17(3,4)14(2)18-5/h6-9,13-14,18H,10-12H2,1-5H3. The molecule has 19 heavy (non-hydrogen) atoms. The van der Waals surface area contributed by atoms with Gasteiger partial charge in [0, 0.05) is 24.8 Å². The van der Waals surface area contributed by atoms with E-state index in [1.807, 2.05) is 0 Å². The summed E-state index contributed by atoms with van der Waals surface area (Å²) in [4.78, 5) is 2.58. The van der Waals surface area contributed by atoms with Gasteiger partial charge in [-0.1, -0.05) is 39.0 Å². The number of rotatable bonds is 4. The van der Waals surface area contributed by atoms with Crippen molar-refractivity contribution in [3.8, 4) is 0 Å². The van der Waals surface area contributed by atoms with Crippen molar-refractivity contribution in [3.05, 3.63) is 29.8 Å². The highest BCUT2D eigenvalue weighted by Crippen LogP contribution is 2.33. The third-order valence-electron chi connectivity index (χ3n) is 4.64. The van der Waals surface area contributed by atoms with E-state index in [0.29, 0.717) is 6.04 Å². The van der Waals surface area contributed by atoms with Gasteiger partial charge in [-0.25, -0.2) is 0 Å². The Morgan fingerprint density at radius 3 is 2.74 bits per heavy atom. The first-order valence-electron chi connectivity index (χ1n) is 7.44. The minimum absolute atomic E-state index is 0.263. The molecule has 0 aromatic heterocycles. The fraction of sp³-hybridized carbons (Fsp3) is 0.647. The van der Waals surface area contributed by atoms with Crippen molar-refractivity contribution >= 4 is 5.69 Å². The normalized spacial score (nSPS) is 21.1. The number of benzene rings is 1. The Morgan fingerprint density at radius 1 is 1.37 bits per heavy atom. The third-order valence-corrected chi connectivity index (χ3v) is 4.64. The fourth-order valence-electron chi connectivity index (χ4n) is 3.08. The average molecular weight is 260 g/mol. The molecule has 2 nitrogen and oxygen atoms in total. The van der Waals surface area contributed by atoms with Crippen molar-refractivity contribution in [3.63, 3.8) is 0 Å². The quantitative estimate of drug-likeness (QED) is 0.893. The van der Waals surface area contributed by atoms with Crippen LogP contribution in [-0.4, -0.2) is 26.2 Å². The van der Waals surface area contributed by atoms with Gasteiger partial charge < -0.3 is 10.2 Å². The summed E-state index contributed by atoms with van der Waals surface area (Å²) in [5.74, 6) is 0.746. The second kappa shape index (κ2) is 5.54. The summed E-state index contributed by atoms with van der Waals surface area (Å²) in [6, 6.07) is 9.40. The maximum atomic E-state index is 3.40. The summed E-state index contributed by atoms with van der Waals surface area (Å²) in [7, 11) is 2.05. The number of fused-ring (bicyclic) bond motifs is 1. The lowest BCUT2D eigenvalue weighted by atomic mass is 9.83. The van der Waals surface area contributed by atoms with E-state index in [9.17, 15) is 0 Å². The average Bonchev–Trinajstić information content (AvgIpc) is 2.37. The SMILES string of the molecule is CNC(C)C(C)(C)CN1CC(C)Cc2ccccc21. The Hall–Kier alpha value is -1.02. The first kappa shape index (κ1) is 14.4. The summed E-state index contributed by atoms with van der Waals surface area (Å²) >= 11 is 0. The van der Waals surface area contributed by atoms with Crippen molar-refractivity contribution in [2.45, 2.75) is 40.2 Å². The van der Waals surface area contributed by atoms with Gasteiger partial charge in [-0.3, -0.25) is 0 Å². The van der Waals surface area contributed by atoms with Crippen LogP contribution < -0.4 is 10.2 Å². The van der Waals surface area contributed by atoms with Gasteiger partial charge in [-0.2, -0.15) is 0 Å². The summed E-state index contributed by atoms with van der Waals surface area (Å²) in [6.45, 7) is 11.6. The van der Waals surface area contributed by atoms with E-state index in [-0.39, 0.29) is 5.41 Å². The molecule has 0 spiro atoms. The van der Waals surface area contributed by atoms with Gasteiger partial charge in [0.2, 0.25) is 0 Å². The van der Waals surface area contributed by atoms with Gasteiger partial charge in [-0.05, 0) is 43.4 Å². The molecule has 106 valence electrons. The molecule has 0 amide bonds. The van der Waals surface area contributed by atoms with Crippen LogP contribution in [0.25, 0.3) is 0 Å². The molecular formula is C17H28N2. The highest BCUT2D eigenvalue weighted by atomic mass is 15.2. The molecule has 0 aliphatic carbocycles. The predicted molar refractivity (Wildman–Crippen MR) is 83.8 cm³/mol.